The molecule has 1 amide bonds. The van der Waals surface area contributed by atoms with E-state index in [1.807, 2.05) is 30.3 Å². The number of para-hydroxylation sites is 1. The van der Waals surface area contributed by atoms with E-state index in [9.17, 15) is 4.79 Å². The first-order valence-electron chi connectivity index (χ1n) is 6.24. The van der Waals surface area contributed by atoms with Gasteiger partial charge >= 0.3 is 0 Å². The summed E-state index contributed by atoms with van der Waals surface area (Å²) in [7, 11) is 0. The first-order chi connectivity index (χ1) is 10.1. The molecule has 0 fully saturated rings. The van der Waals surface area contributed by atoms with Crippen molar-refractivity contribution >= 4 is 45.7 Å². The Morgan fingerprint density at radius 1 is 1.00 bits per heavy atom. The van der Waals surface area contributed by atoms with Gasteiger partial charge in [0.1, 0.15) is 0 Å². The molecular formula is C16H10Cl2N2O. The molecule has 21 heavy (non-hydrogen) atoms. The molecule has 0 atom stereocenters. The van der Waals surface area contributed by atoms with Gasteiger partial charge in [0, 0.05) is 21.0 Å². The fourth-order valence-electron chi connectivity index (χ4n) is 2.03. The quantitative estimate of drug-likeness (QED) is 0.738. The normalized spacial score (nSPS) is 10.6. The molecule has 0 bridgehead atoms. The lowest BCUT2D eigenvalue weighted by Gasteiger charge is -2.07. The maximum absolute atomic E-state index is 12.2. The number of benzene rings is 2. The zero-order valence-corrected chi connectivity index (χ0v) is 12.3. The average Bonchev–Trinajstić information content (AvgIpc) is 2.46. The smallest absolute Gasteiger partial charge is 0.255 e. The summed E-state index contributed by atoms with van der Waals surface area (Å²) >= 11 is 11.8. The van der Waals surface area contributed by atoms with Crippen molar-refractivity contribution in [2.24, 2.45) is 0 Å². The summed E-state index contributed by atoms with van der Waals surface area (Å²) in [6.07, 6.45) is 1.62. The van der Waals surface area contributed by atoms with Crippen LogP contribution in [0, 0.1) is 0 Å². The Balaban J connectivity index is 1.88. The summed E-state index contributed by atoms with van der Waals surface area (Å²) in [5, 5.41) is 4.59. The Bertz CT molecular complexity index is 813. The minimum atomic E-state index is -0.281. The molecule has 0 saturated carbocycles. The Hall–Kier alpha value is -2.10. The Morgan fingerprint density at radius 2 is 1.71 bits per heavy atom. The Labute approximate surface area is 131 Å². The molecule has 3 rings (SSSR count). The number of carbonyl (C=O) groups excluding carboxylic acids is 1. The Kier molecular flexibility index (Phi) is 3.78. The second-order valence-corrected chi connectivity index (χ2v) is 5.40. The molecule has 0 aliphatic heterocycles. The molecule has 1 N–H and O–H groups in total. The number of rotatable bonds is 2. The lowest BCUT2D eigenvalue weighted by molar-refractivity contribution is 0.102. The van der Waals surface area contributed by atoms with Crippen LogP contribution in [0.2, 0.25) is 10.0 Å². The number of anilines is 1. The van der Waals surface area contributed by atoms with Crippen molar-refractivity contribution in [2.75, 3.05) is 5.32 Å². The van der Waals surface area contributed by atoms with Crippen LogP contribution >= 0.6 is 23.2 Å². The number of halogens is 2. The number of nitrogens with zero attached hydrogens (tertiary/aromatic N) is 1. The molecule has 3 nitrogen and oxygen atoms in total. The lowest BCUT2D eigenvalue weighted by atomic mass is 10.2. The highest BCUT2D eigenvalue weighted by Gasteiger charge is 2.09. The lowest BCUT2D eigenvalue weighted by Crippen LogP contribution is -2.12. The van der Waals surface area contributed by atoms with Gasteiger partial charge in [-0.1, -0.05) is 41.4 Å². The fraction of sp³-hybridized carbons (Fsp3) is 0. The maximum atomic E-state index is 12.2. The van der Waals surface area contributed by atoms with Gasteiger partial charge in [-0.2, -0.15) is 0 Å². The van der Waals surface area contributed by atoms with Gasteiger partial charge in [-0.3, -0.25) is 9.78 Å². The van der Waals surface area contributed by atoms with Gasteiger partial charge in [0.15, 0.2) is 0 Å². The SMILES string of the molecule is O=C(Nc1cnc2ccccc2c1)c1cc(Cl)cc(Cl)c1. The number of pyridine rings is 1. The van der Waals surface area contributed by atoms with E-state index in [2.05, 4.69) is 10.3 Å². The van der Waals surface area contributed by atoms with Gasteiger partial charge in [-0.15, -0.1) is 0 Å². The number of carbonyl (C=O) groups is 1. The highest BCUT2D eigenvalue weighted by atomic mass is 35.5. The molecule has 0 saturated heterocycles. The monoisotopic (exact) mass is 316 g/mol. The van der Waals surface area contributed by atoms with Crippen molar-refractivity contribution in [3.8, 4) is 0 Å². The van der Waals surface area contributed by atoms with E-state index in [1.54, 1.807) is 24.4 Å². The van der Waals surface area contributed by atoms with Gasteiger partial charge in [0.2, 0.25) is 0 Å². The van der Waals surface area contributed by atoms with Crippen LogP contribution in [0.3, 0.4) is 0 Å². The van der Waals surface area contributed by atoms with Crippen LogP contribution in [0.5, 0.6) is 0 Å². The predicted molar refractivity (Wildman–Crippen MR) is 86.2 cm³/mol. The zero-order chi connectivity index (χ0) is 14.8. The third kappa shape index (κ3) is 3.15. The molecule has 1 heterocycles. The molecule has 104 valence electrons. The number of hydrogen-bond acceptors (Lipinski definition) is 2. The summed E-state index contributed by atoms with van der Waals surface area (Å²) in [4.78, 5) is 16.5. The molecule has 3 aromatic rings. The highest BCUT2D eigenvalue weighted by Crippen LogP contribution is 2.21. The largest absolute Gasteiger partial charge is 0.321 e. The van der Waals surface area contributed by atoms with Crippen molar-refractivity contribution in [1.29, 1.82) is 0 Å². The van der Waals surface area contributed by atoms with Crippen molar-refractivity contribution in [3.05, 3.63) is 70.3 Å². The summed E-state index contributed by atoms with van der Waals surface area (Å²) in [5.74, 6) is -0.281. The molecular weight excluding hydrogens is 307 g/mol. The van der Waals surface area contributed by atoms with Crippen molar-refractivity contribution < 1.29 is 4.79 Å². The second kappa shape index (κ2) is 5.72. The molecule has 0 unspecified atom stereocenters. The molecule has 0 aliphatic carbocycles. The third-order valence-electron chi connectivity index (χ3n) is 2.97. The topological polar surface area (TPSA) is 42.0 Å². The van der Waals surface area contributed by atoms with E-state index in [0.717, 1.165) is 10.9 Å². The van der Waals surface area contributed by atoms with Crippen molar-refractivity contribution in [2.45, 2.75) is 0 Å². The number of fused-ring (bicyclic) bond motifs is 1. The van der Waals surface area contributed by atoms with E-state index < -0.39 is 0 Å². The van der Waals surface area contributed by atoms with E-state index >= 15 is 0 Å². The van der Waals surface area contributed by atoms with Gasteiger partial charge in [-0.05, 0) is 30.3 Å². The van der Waals surface area contributed by atoms with E-state index in [1.165, 1.54) is 0 Å². The molecule has 1 aromatic heterocycles. The minimum absolute atomic E-state index is 0.281. The van der Waals surface area contributed by atoms with Crippen LogP contribution in [-0.2, 0) is 0 Å². The van der Waals surface area contributed by atoms with Crippen molar-refractivity contribution in [1.82, 2.24) is 4.98 Å². The second-order valence-electron chi connectivity index (χ2n) is 4.53. The zero-order valence-electron chi connectivity index (χ0n) is 10.8. The Morgan fingerprint density at radius 3 is 2.48 bits per heavy atom. The highest BCUT2D eigenvalue weighted by molar-refractivity contribution is 6.35. The number of aromatic nitrogens is 1. The van der Waals surface area contributed by atoms with Crippen LogP contribution in [0.15, 0.2) is 54.7 Å². The molecule has 0 radical (unpaired) electrons. The van der Waals surface area contributed by atoms with E-state index in [-0.39, 0.29) is 5.91 Å². The van der Waals surface area contributed by atoms with Crippen LogP contribution in [0.1, 0.15) is 10.4 Å². The molecule has 0 aliphatic rings. The van der Waals surface area contributed by atoms with Gasteiger partial charge in [0.05, 0.1) is 17.4 Å². The van der Waals surface area contributed by atoms with Crippen LogP contribution in [0.25, 0.3) is 10.9 Å². The summed E-state index contributed by atoms with van der Waals surface area (Å²) in [6, 6.07) is 14.3. The van der Waals surface area contributed by atoms with Gasteiger partial charge in [-0.25, -0.2) is 0 Å². The minimum Gasteiger partial charge on any atom is -0.321 e. The standard InChI is InChI=1S/C16H10Cl2N2O/c17-12-5-11(6-13(18)8-12)16(21)20-14-7-10-3-1-2-4-15(10)19-9-14/h1-9H,(H,20,21). The van der Waals surface area contributed by atoms with E-state index in [4.69, 9.17) is 23.2 Å². The maximum Gasteiger partial charge on any atom is 0.255 e. The molecule has 0 spiro atoms. The third-order valence-corrected chi connectivity index (χ3v) is 3.41. The number of hydrogen-bond donors (Lipinski definition) is 1. The average molecular weight is 317 g/mol. The van der Waals surface area contributed by atoms with E-state index in [0.29, 0.717) is 21.3 Å². The summed E-state index contributed by atoms with van der Waals surface area (Å²) in [6.45, 7) is 0. The molecule has 5 heteroatoms. The van der Waals surface area contributed by atoms with Crippen LogP contribution in [-0.4, -0.2) is 10.9 Å². The van der Waals surface area contributed by atoms with Crippen LogP contribution in [0.4, 0.5) is 5.69 Å². The summed E-state index contributed by atoms with van der Waals surface area (Å²) in [5.41, 5.74) is 1.90. The fourth-order valence-corrected chi connectivity index (χ4v) is 2.55. The molecule has 2 aromatic carbocycles. The van der Waals surface area contributed by atoms with Crippen molar-refractivity contribution in [3.63, 3.8) is 0 Å². The summed E-state index contributed by atoms with van der Waals surface area (Å²) < 4.78 is 0. The number of nitrogens with one attached hydrogen (secondary N) is 1. The number of amides is 1. The van der Waals surface area contributed by atoms with Crippen LogP contribution < -0.4 is 5.32 Å². The first-order valence-corrected chi connectivity index (χ1v) is 7.00. The first kappa shape index (κ1) is 13.9. The predicted octanol–water partition coefficient (Wildman–Crippen LogP) is 4.79. The van der Waals surface area contributed by atoms with Gasteiger partial charge < -0.3 is 5.32 Å². The van der Waals surface area contributed by atoms with Gasteiger partial charge in [0.25, 0.3) is 5.91 Å².